The molecule has 0 aliphatic carbocycles. The number of hydrogen-bond donors (Lipinski definition) is 0. The van der Waals surface area contributed by atoms with Crippen LogP contribution in [0.2, 0.25) is 0 Å². The molecule has 2 aromatic rings. The molecule has 0 amide bonds. The summed E-state index contributed by atoms with van der Waals surface area (Å²) in [5.41, 5.74) is 0.580. The van der Waals surface area contributed by atoms with Crippen molar-refractivity contribution in [3.8, 4) is 0 Å². The van der Waals surface area contributed by atoms with Crippen molar-refractivity contribution in [1.82, 2.24) is 9.29 Å². The summed E-state index contributed by atoms with van der Waals surface area (Å²) in [5.74, 6) is 0. The second-order valence-corrected chi connectivity index (χ2v) is 10.2. The van der Waals surface area contributed by atoms with Gasteiger partial charge < -0.3 is 0 Å². The predicted octanol–water partition coefficient (Wildman–Crippen LogP) is 6.95. The average molecular weight is 433 g/mol. The summed E-state index contributed by atoms with van der Waals surface area (Å²) in [6.07, 6.45) is 15.6. The first-order chi connectivity index (χ1) is 14.6. The molecule has 0 N–H and O–H groups in total. The second kappa shape index (κ2) is 13.8. The molecule has 4 nitrogen and oxygen atoms in total. The van der Waals surface area contributed by atoms with Gasteiger partial charge in [-0.3, -0.25) is 4.98 Å². The molecule has 2 rings (SSSR count). The number of sulfonamides is 1. The highest BCUT2D eigenvalue weighted by atomic mass is 32.2. The fraction of sp³-hybridized carbons (Fsp3) is 0.640. The van der Waals surface area contributed by atoms with Crippen LogP contribution in [0.5, 0.6) is 0 Å². The van der Waals surface area contributed by atoms with Crippen molar-refractivity contribution >= 4 is 20.9 Å². The normalized spacial score (nSPS) is 12.1. The first kappa shape index (κ1) is 24.8. The quantitative estimate of drug-likeness (QED) is 0.270. The topological polar surface area (TPSA) is 50.3 Å². The van der Waals surface area contributed by atoms with Crippen LogP contribution in [-0.4, -0.2) is 30.8 Å². The molecule has 0 bridgehead atoms. The maximum Gasteiger partial charge on any atom is 0.245 e. The van der Waals surface area contributed by atoms with Crippen LogP contribution in [0, 0.1) is 0 Å². The summed E-state index contributed by atoms with van der Waals surface area (Å²) in [5, 5.41) is 0.873. The van der Waals surface area contributed by atoms with Crippen molar-refractivity contribution in [2.75, 3.05) is 13.1 Å². The summed E-state index contributed by atoms with van der Waals surface area (Å²) in [4.78, 5) is 4.73. The first-order valence-corrected chi connectivity index (χ1v) is 13.4. The smallest absolute Gasteiger partial charge is 0.245 e. The van der Waals surface area contributed by atoms with Gasteiger partial charge in [-0.05, 0) is 25.0 Å². The van der Waals surface area contributed by atoms with E-state index in [4.69, 9.17) is 0 Å². The fourth-order valence-corrected chi connectivity index (χ4v) is 5.60. The van der Waals surface area contributed by atoms with Crippen LogP contribution in [0.3, 0.4) is 0 Å². The molecule has 0 fully saturated rings. The molecule has 0 spiro atoms. The molecule has 0 atom stereocenters. The first-order valence-electron chi connectivity index (χ1n) is 11.9. The average Bonchev–Trinajstić information content (AvgIpc) is 2.76. The SMILES string of the molecule is CCCCCCCCN(CCCCCCCC)S(=O)(=O)c1cccc2cccnc12. The van der Waals surface area contributed by atoms with Gasteiger partial charge in [0.2, 0.25) is 10.0 Å². The van der Waals surface area contributed by atoms with Gasteiger partial charge in [-0.25, -0.2) is 8.42 Å². The summed E-state index contributed by atoms with van der Waals surface area (Å²) < 4.78 is 28.8. The zero-order valence-electron chi connectivity index (χ0n) is 19.0. The van der Waals surface area contributed by atoms with E-state index in [1.54, 1.807) is 16.6 Å². The van der Waals surface area contributed by atoms with Crippen LogP contribution >= 0.6 is 0 Å². The van der Waals surface area contributed by atoms with Crippen molar-refractivity contribution < 1.29 is 8.42 Å². The van der Waals surface area contributed by atoms with Crippen molar-refractivity contribution in [2.45, 2.75) is 95.8 Å². The molecule has 168 valence electrons. The number of pyridine rings is 1. The lowest BCUT2D eigenvalue weighted by atomic mass is 10.1. The summed E-state index contributed by atoms with van der Waals surface area (Å²) in [6.45, 7) is 5.64. The van der Waals surface area contributed by atoms with Crippen molar-refractivity contribution in [3.63, 3.8) is 0 Å². The minimum absolute atomic E-state index is 0.345. The third-order valence-electron chi connectivity index (χ3n) is 5.74. The van der Waals surface area contributed by atoms with Gasteiger partial charge in [-0.2, -0.15) is 4.31 Å². The second-order valence-electron chi connectivity index (χ2n) is 8.27. The van der Waals surface area contributed by atoms with Gasteiger partial charge in [0.15, 0.2) is 0 Å². The Kier molecular flexibility index (Phi) is 11.4. The Labute approximate surface area is 184 Å². The number of fused-ring (bicyclic) bond motifs is 1. The van der Waals surface area contributed by atoms with Crippen LogP contribution in [0.15, 0.2) is 41.4 Å². The zero-order valence-corrected chi connectivity index (χ0v) is 19.8. The van der Waals surface area contributed by atoms with Crippen LogP contribution in [0.25, 0.3) is 10.9 Å². The molecular formula is C25H40N2O2S. The number of unbranched alkanes of at least 4 members (excludes halogenated alkanes) is 10. The minimum Gasteiger partial charge on any atom is -0.255 e. The maximum absolute atomic E-state index is 13.6. The molecule has 5 heteroatoms. The highest BCUT2D eigenvalue weighted by Crippen LogP contribution is 2.25. The molecule has 1 aromatic heterocycles. The van der Waals surface area contributed by atoms with E-state index in [0.717, 1.165) is 31.1 Å². The fourth-order valence-electron chi connectivity index (χ4n) is 3.91. The van der Waals surface area contributed by atoms with E-state index in [1.807, 2.05) is 24.3 Å². The van der Waals surface area contributed by atoms with Gasteiger partial charge in [-0.1, -0.05) is 96.3 Å². The van der Waals surface area contributed by atoms with E-state index in [9.17, 15) is 8.42 Å². The molecule has 0 aliphatic rings. The number of rotatable bonds is 16. The molecular weight excluding hydrogens is 392 g/mol. The van der Waals surface area contributed by atoms with Crippen molar-refractivity contribution in [3.05, 3.63) is 36.5 Å². The summed E-state index contributed by atoms with van der Waals surface area (Å²) >= 11 is 0. The Hall–Kier alpha value is -1.46. The Morgan fingerprint density at radius 1 is 0.733 bits per heavy atom. The molecule has 0 aliphatic heterocycles. The molecule has 30 heavy (non-hydrogen) atoms. The number of benzene rings is 1. The number of hydrogen-bond acceptors (Lipinski definition) is 3. The van der Waals surface area contributed by atoms with E-state index in [-0.39, 0.29) is 0 Å². The molecule has 1 aromatic carbocycles. The van der Waals surface area contributed by atoms with Crippen molar-refractivity contribution in [2.24, 2.45) is 0 Å². The van der Waals surface area contributed by atoms with Crippen LogP contribution < -0.4 is 0 Å². The molecule has 0 saturated heterocycles. The Morgan fingerprint density at radius 2 is 1.27 bits per heavy atom. The molecule has 0 radical (unpaired) electrons. The number of para-hydroxylation sites is 1. The number of nitrogens with zero attached hydrogens (tertiary/aromatic N) is 2. The van der Waals surface area contributed by atoms with Gasteiger partial charge in [0.25, 0.3) is 0 Å². The Balaban J connectivity index is 2.08. The van der Waals surface area contributed by atoms with Gasteiger partial charge in [-0.15, -0.1) is 0 Å². The maximum atomic E-state index is 13.6. The molecule has 1 heterocycles. The van der Waals surface area contributed by atoms with Crippen LogP contribution in [0.4, 0.5) is 0 Å². The molecule has 0 saturated carbocycles. The lowest BCUT2D eigenvalue weighted by Gasteiger charge is -2.23. The monoisotopic (exact) mass is 432 g/mol. The zero-order chi connectivity index (χ0) is 21.7. The summed E-state index contributed by atoms with van der Waals surface area (Å²) in [7, 11) is -3.55. The van der Waals surface area contributed by atoms with Gasteiger partial charge >= 0.3 is 0 Å². The van der Waals surface area contributed by atoms with E-state index in [0.29, 0.717) is 23.5 Å². The highest BCUT2D eigenvalue weighted by Gasteiger charge is 2.26. The third-order valence-corrected chi connectivity index (χ3v) is 7.67. The van der Waals surface area contributed by atoms with Crippen LogP contribution in [0.1, 0.15) is 90.9 Å². The lowest BCUT2D eigenvalue weighted by Crippen LogP contribution is -2.33. The van der Waals surface area contributed by atoms with Gasteiger partial charge in [0.05, 0.1) is 5.52 Å². The Bertz CT molecular complexity index is 815. The summed E-state index contributed by atoms with van der Waals surface area (Å²) in [6, 6.07) is 9.23. The van der Waals surface area contributed by atoms with E-state index in [2.05, 4.69) is 18.8 Å². The lowest BCUT2D eigenvalue weighted by molar-refractivity contribution is 0.384. The Morgan fingerprint density at radius 3 is 1.87 bits per heavy atom. The van der Waals surface area contributed by atoms with E-state index >= 15 is 0 Å². The van der Waals surface area contributed by atoms with Gasteiger partial charge in [0.1, 0.15) is 4.90 Å². The van der Waals surface area contributed by atoms with Crippen LogP contribution in [-0.2, 0) is 10.0 Å². The predicted molar refractivity (Wildman–Crippen MR) is 127 cm³/mol. The standard InChI is InChI=1S/C25H40N2O2S/c1-3-5-7-9-11-13-21-27(22-14-12-10-8-6-4-2)30(28,29)24-19-15-17-23-18-16-20-26-25(23)24/h15-20H,3-14,21-22H2,1-2H3. The van der Waals surface area contributed by atoms with E-state index < -0.39 is 10.0 Å². The highest BCUT2D eigenvalue weighted by molar-refractivity contribution is 7.89. The molecule has 0 unspecified atom stereocenters. The number of aromatic nitrogens is 1. The largest absolute Gasteiger partial charge is 0.255 e. The van der Waals surface area contributed by atoms with E-state index in [1.165, 1.54) is 51.4 Å². The minimum atomic E-state index is -3.55. The van der Waals surface area contributed by atoms with Crippen molar-refractivity contribution in [1.29, 1.82) is 0 Å². The third kappa shape index (κ3) is 7.66. The van der Waals surface area contributed by atoms with Gasteiger partial charge in [0, 0.05) is 24.7 Å².